The van der Waals surface area contributed by atoms with E-state index in [4.69, 9.17) is 9.72 Å². The molecule has 0 aliphatic heterocycles. The molecule has 1 atom stereocenters. The third-order valence-corrected chi connectivity index (χ3v) is 5.42. The minimum absolute atomic E-state index is 0.217. The molecule has 2 N–H and O–H groups in total. The predicted octanol–water partition coefficient (Wildman–Crippen LogP) is 4.68. The number of para-hydroxylation sites is 1. The summed E-state index contributed by atoms with van der Waals surface area (Å²) < 4.78 is 5.42. The second-order valence-electron chi connectivity index (χ2n) is 7.77. The quantitative estimate of drug-likeness (QED) is 0.350. The Morgan fingerprint density at radius 2 is 1.61 bits per heavy atom. The Bertz CT molecular complexity index is 1180. The first kappa shape index (κ1) is 22.4. The number of hydrogen-bond donors (Lipinski definition) is 2. The van der Waals surface area contributed by atoms with Crippen LogP contribution in [0.5, 0.6) is 0 Å². The van der Waals surface area contributed by atoms with Gasteiger partial charge in [-0.25, -0.2) is 9.97 Å². The van der Waals surface area contributed by atoms with Crippen molar-refractivity contribution in [3.05, 3.63) is 102 Å². The maximum atomic E-state index is 12.7. The van der Waals surface area contributed by atoms with E-state index in [1.54, 1.807) is 0 Å². The van der Waals surface area contributed by atoms with E-state index in [-0.39, 0.29) is 12.5 Å². The first-order valence-electron chi connectivity index (χ1n) is 11.1. The zero-order valence-corrected chi connectivity index (χ0v) is 18.7. The molecule has 1 aromatic heterocycles. The number of carbonyl (C=O) groups excluding carboxylic acids is 1. The van der Waals surface area contributed by atoms with Crippen molar-refractivity contribution in [2.45, 2.75) is 25.5 Å². The van der Waals surface area contributed by atoms with Crippen molar-refractivity contribution in [2.75, 3.05) is 19.0 Å². The highest BCUT2D eigenvalue weighted by atomic mass is 16.5. The fourth-order valence-corrected chi connectivity index (χ4v) is 3.76. The number of anilines is 1. The summed E-state index contributed by atoms with van der Waals surface area (Å²) in [5.74, 6) is 1.11. The molecule has 168 valence electrons. The lowest BCUT2D eigenvalue weighted by Crippen LogP contribution is -2.30. The highest BCUT2D eigenvalue weighted by molar-refractivity contribution is 5.89. The normalized spacial score (nSPS) is 11.8. The van der Waals surface area contributed by atoms with Crippen LogP contribution in [0.1, 0.15) is 29.5 Å². The molecule has 4 aromatic rings. The molecule has 0 spiro atoms. The van der Waals surface area contributed by atoms with E-state index in [1.807, 2.05) is 60.7 Å². The molecule has 1 heterocycles. The van der Waals surface area contributed by atoms with Gasteiger partial charge in [0.15, 0.2) is 11.9 Å². The molecule has 0 saturated heterocycles. The van der Waals surface area contributed by atoms with Crippen molar-refractivity contribution in [3.63, 3.8) is 0 Å². The molecule has 4 rings (SSSR count). The van der Waals surface area contributed by atoms with Crippen LogP contribution in [0, 0.1) is 0 Å². The lowest BCUT2D eigenvalue weighted by atomic mass is 10.1. The number of methoxy groups -OCH3 is 1. The molecule has 0 aliphatic rings. The summed E-state index contributed by atoms with van der Waals surface area (Å²) in [6.45, 7) is 1.01. The molecule has 0 bridgehead atoms. The Hall–Kier alpha value is -3.77. The van der Waals surface area contributed by atoms with Crippen molar-refractivity contribution >= 4 is 22.6 Å². The van der Waals surface area contributed by atoms with Gasteiger partial charge in [-0.2, -0.15) is 0 Å². The van der Waals surface area contributed by atoms with E-state index in [0.29, 0.717) is 5.82 Å². The van der Waals surface area contributed by atoms with Gasteiger partial charge < -0.3 is 15.4 Å². The number of fused-ring (bicyclic) bond motifs is 1. The molecular weight excluding hydrogens is 412 g/mol. The van der Waals surface area contributed by atoms with Gasteiger partial charge in [-0.15, -0.1) is 0 Å². The maximum absolute atomic E-state index is 12.7. The van der Waals surface area contributed by atoms with Gasteiger partial charge in [0, 0.05) is 19.0 Å². The second-order valence-corrected chi connectivity index (χ2v) is 7.77. The fourth-order valence-electron chi connectivity index (χ4n) is 3.76. The van der Waals surface area contributed by atoms with Crippen molar-refractivity contribution in [1.82, 2.24) is 15.3 Å². The van der Waals surface area contributed by atoms with E-state index in [1.165, 1.54) is 12.7 Å². The van der Waals surface area contributed by atoms with Gasteiger partial charge in [-0.3, -0.25) is 4.79 Å². The highest BCUT2D eigenvalue weighted by Crippen LogP contribution is 2.21. The van der Waals surface area contributed by atoms with Crippen molar-refractivity contribution in [1.29, 1.82) is 0 Å². The van der Waals surface area contributed by atoms with Gasteiger partial charge in [0.05, 0.1) is 12.1 Å². The number of benzene rings is 3. The molecule has 0 aliphatic carbocycles. The smallest absolute Gasteiger partial charge is 0.254 e. The standard InChI is InChI=1S/C27H28N4O2/c1-33-25(21-14-6-3-7-15-21)27(32)29-19-24-30-23-17-9-8-16-22(23)26(31-24)28-18-10-13-20-11-4-2-5-12-20/h2-9,11-12,14-17,25H,10,13,18-19H2,1H3,(H,29,32)(H,28,30,31)/t25-/m0/s1. The number of hydrogen-bond acceptors (Lipinski definition) is 5. The summed E-state index contributed by atoms with van der Waals surface area (Å²) in [5, 5.41) is 7.33. The summed E-state index contributed by atoms with van der Waals surface area (Å²) in [6.07, 6.45) is 1.31. The largest absolute Gasteiger partial charge is 0.369 e. The number of aryl methyl sites for hydroxylation is 1. The second kappa shape index (κ2) is 11.2. The summed E-state index contributed by atoms with van der Waals surface area (Å²) in [7, 11) is 1.53. The third kappa shape index (κ3) is 5.93. The van der Waals surface area contributed by atoms with Crippen molar-refractivity contribution in [2.24, 2.45) is 0 Å². The Kier molecular flexibility index (Phi) is 7.61. The zero-order chi connectivity index (χ0) is 22.9. The number of ether oxygens (including phenoxy) is 1. The SMILES string of the molecule is CO[C@H](C(=O)NCc1nc(NCCCc2ccccc2)c2ccccc2n1)c1ccccc1. The number of amides is 1. The molecular formula is C27H28N4O2. The molecule has 3 aromatic carbocycles. The van der Waals surface area contributed by atoms with Crippen LogP contribution in [-0.2, 0) is 22.5 Å². The predicted molar refractivity (Wildman–Crippen MR) is 131 cm³/mol. The average Bonchev–Trinajstić information content (AvgIpc) is 2.87. The Balaban J connectivity index is 1.42. The van der Waals surface area contributed by atoms with Gasteiger partial charge in [0.25, 0.3) is 5.91 Å². The van der Waals surface area contributed by atoms with Gasteiger partial charge in [0.1, 0.15) is 5.82 Å². The minimum Gasteiger partial charge on any atom is -0.369 e. The number of carbonyl (C=O) groups is 1. The molecule has 1 amide bonds. The Morgan fingerprint density at radius 3 is 2.36 bits per heavy atom. The zero-order valence-electron chi connectivity index (χ0n) is 18.7. The molecule has 0 fully saturated rings. The van der Waals surface area contributed by atoms with Crippen LogP contribution in [0.25, 0.3) is 10.9 Å². The first-order chi connectivity index (χ1) is 16.2. The van der Waals surface area contributed by atoms with E-state index >= 15 is 0 Å². The highest BCUT2D eigenvalue weighted by Gasteiger charge is 2.20. The number of aromatic nitrogens is 2. The van der Waals surface area contributed by atoms with Crippen LogP contribution in [0.15, 0.2) is 84.9 Å². The first-order valence-corrected chi connectivity index (χ1v) is 11.1. The van der Waals surface area contributed by atoms with Crippen LogP contribution in [0.3, 0.4) is 0 Å². The summed E-state index contributed by atoms with van der Waals surface area (Å²) in [4.78, 5) is 22.1. The lowest BCUT2D eigenvalue weighted by molar-refractivity contribution is -0.131. The van der Waals surface area contributed by atoms with Crippen LogP contribution in [0.4, 0.5) is 5.82 Å². The van der Waals surface area contributed by atoms with Gasteiger partial charge in [-0.05, 0) is 36.1 Å². The Morgan fingerprint density at radius 1 is 0.909 bits per heavy atom. The van der Waals surface area contributed by atoms with Crippen LogP contribution >= 0.6 is 0 Å². The van der Waals surface area contributed by atoms with Crippen molar-refractivity contribution < 1.29 is 9.53 Å². The maximum Gasteiger partial charge on any atom is 0.254 e. The van der Waals surface area contributed by atoms with Crippen molar-refractivity contribution in [3.8, 4) is 0 Å². The van der Waals surface area contributed by atoms with Gasteiger partial charge in [-0.1, -0.05) is 72.8 Å². The Labute approximate surface area is 194 Å². The van der Waals surface area contributed by atoms with Crippen LogP contribution in [0.2, 0.25) is 0 Å². The van der Waals surface area contributed by atoms with Crippen LogP contribution < -0.4 is 10.6 Å². The fraction of sp³-hybridized carbons (Fsp3) is 0.222. The monoisotopic (exact) mass is 440 g/mol. The molecule has 6 nitrogen and oxygen atoms in total. The van der Waals surface area contributed by atoms with E-state index < -0.39 is 6.10 Å². The summed E-state index contributed by atoms with van der Waals surface area (Å²) in [6, 6.07) is 27.8. The molecule has 0 radical (unpaired) electrons. The topological polar surface area (TPSA) is 76.1 Å². The van der Waals surface area contributed by atoms with Crippen LogP contribution in [-0.4, -0.2) is 29.5 Å². The lowest BCUT2D eigenvalue weighted by Gasteiger charge is -2.16. The third-order valence-electron chi connectivity index (χ3n) is 5.42. The molecule has 0 unspecified atom stereocenters. The van der Waals surface area contributed by atoms with Gasteiger partial charge in [0.2, 0.25) is 0 Å². The van der Waals surface area contributed by atoms with E-state index in [2.05, 4.69) is 39.9 Å². The van der Waals surface area contributed by atoms with E-state index in [9.17, 15) is 4.79 Å². The molecule has 0 saturated carbocycles. The van der Waals surface area contributed by atoms with Gasteiger partial charge >= 0.3 is 0 Å². The number of nitrogens with zero attached hydrogens (tertiary/aromatic N) is 2. The molecule has 33 heavy (non-hydrogen) atoms. The number of nitrogens with one attached hydrogen (secondary N) is 2. The summed E-state index contributed by atoms with van der Waals surface area (Å²) in [5.41, 5.74) is 2.97. The minimum atomic E-state index is -0.678. The molecule has 6 heteroatoms. The summed E-state index contributed by atoms with van der Waals surface area (Å²) >= 11 is 0. The average molecular weight is 441 g/mol. The van der Waals surface area contributed by atoms with E-state index in [0.717, 1.165) is 41.7 Å². The number of rotatable bonds is 10.